The molecule has 0 aliphatic carbocycles. The Morgan fingerprint density at radius 3 is 2.20 bits per heavy atom. The van der Waals surface area contributed by atoms with Crippen LogP contribution in [0, 0.1) is 6.92 Å². The van der Waals surface area contributed by atoms with Crippen molar-refractivity contribution >= 4 is 38.9 Å². The van der Waals surface area contributed by atoms with Crippen LogP contribution in [0.5, 0.6) is 0 Å². The molecule has 0 aromatic heterocycles. The highest BCUT2D eigenvalue weighted by atomic mass is 35.5. The average molecular weight is 537 g/mol. The van der Waals surface area contributed by atoms with Gasteiger partial charge in [0.1, 0.15) is 0 Å². The maximum atomic E-state index is 13.3. The number of aryl methyl sites for hydroxylation is 1. The minimum Gasteiger partial charge on any atom is -0.322 e. The molecule has 0 saturated heterocycles. The topological polar surface area (TPSA) is 75.3 Å². The molecule has 3 rings (SSSR count). The molecule has 0 saturated carbocycles. The van der Waals surface area contributed by atoms with Crippen molar-refractivity contribution in [2.24, 2.45) is 0 Å². The highest BCUT2D eigenvalue weighted by Crippen LogP contribution is 2.37. The Balaban J connectivity index is 1.93. The van der Waals surface area contributed by atoms with Crippen LogP contribution < -0.4 is 10.0 Å². The summed E-state index contributed by atoms with van der Waals surface area (Å²) in [6.07, 6.45) is -9.56. The Kier molecular flexibility index (Phi) is 7.09. The third kappa shape index (κ3) is 6.25. The summed E-state index contributed by atoms with van der Waals surface area (Å²) in [4.78, 5) is 12.1. The van der Waals surface area contributed by atoms with Gasteiger partial charge in [-0.2, -0.15) is 26.3 Å². The lowest BCUT2D eigenvalue weighted by Crippen LogP contribution is -2.19. The third-order valence-corrected chi connectivity index (χ3v) is 6.34. The van der Waals surface area contributed by atoms with Crippen molar-refractivity contribution in [3.05, 3.63) is 87.9 Å². The van der Waals surface area contributed by atoms with Crippen molar-refractivity contribution in [2.75, 3.05) is 10.0 Å². The van der Waals surface area contributed by atoms with Gasteiger partial charge in [0, 0.05) is 16.3 Å². The van der Waals surface area contributed by atoms with Crippen molar-refractivity contribution < 1.29 is 39.6 Å². The molecule has 3 aromatic carbocycles. The second-order valence-corrected chi connectivity index (χ2v) is 9.42. The number of nitrogens with one attached hydrogen (secondary N) is 2. The predicted octanol–water partition coefficient (Wildman–Crippen LogP) is 6.74. The average Bonchev–Trinajstić information content (AvgIpc) is 2.74. The first kappa shape index (κ1) is 26.4. The van der Waals surface area contributed by atoms with E-state index >= 15 is 0 Å². The number of rotatable bonds is 5. The van der Waals surface area contributed by atoms with Crippen LogP contribution in [0.4, 0.5) is 37.7 Å². The molecular formula is C22H15ClF6N2O3S. The van der Waals surface area contributed by atoms with Crippen LogP contribution >= 0.6 is 11.6 Å². The number of amides is 1. The fourth-order valence-corrected chi connectivity index (χ4v) is 4.31. The minimum absolute atomic E-state index is 0.188. The van der Waals surface area contributed by atoms with Gasteiger partial charge in [-0.05, 0) is 61.0 Å². The number of alkyl halides is 6. The summed E-state index contributed by atoms with van der Waals surface area (Å²) in [7, 11) is -4.60. The van der Waals surface area contributed by atoms with Crippen LogP contribution in [0.3, 0.4) is 0 Å². The van der Waals surface area contributed by atoms with E-state index in [9.17, 15) is 39.6 Å². The molecule has 13 heteroatoms. The molecule has 5 nitrogen and oxygen atoms in total. The Morgan fingerprint density at radius 2 is 1.57 bits per heavy atom. The summed E-state index contributed by atoms with van der Waals surface area (Å²) in [5.41, 5.74) is -3.23. The quantitative estimate of drug-likeness (QED) is 0.355. The molecule has 0 radical (unpaired) electrons. The standard InChI is InChI=1S/C22H15ClF6N2O3S/c1-12-5-7-16(35(33,34)31-19-8-6-14(23)10-18(19)22(27,28)29)11-17(12)20(32)30-15-4-2-3-13(9-15)21(24,25)26/h2-11,31H,1H3,(H,30,32). The molecule has 0 unspecified atom stereocenters. The Hall–Kier alpha value is -3.25. The Labute approximate surface area is 200 Å². The van der Waals surface area contributed by atoms with Crippen LogP contribution in [-0.2, 0) is 22.4 Å². The van der Waals surface area contributed by atoms with E-state index in [1.165, 1.54) is 19.1 Å². The molecule has 186 valence electrons. The van der Waals surface area contributed by atoms with Gasteiger partial charge < -0.3 is 5.32 Å². The maximum absolute atomic E-state index is 13.3. The Morgan fingerprint density at radius 1 is 0.886 bits per heavy atom. The predicted molar refractivity (Wildman–Crippen MR) is 118 cm³/mol. The number of sulfonamides is 1. The lowest BCUT2D eigenvalue weighted by atomic mass is 10.1. The van der Waals surface area contributed by atoms with E-state index in [0.29, 0.717) is 12.1 Å². The lowest BCUT2D eigenvalue weighted by molar-refractivity contribution is -0.138. The monoisotopic (exact) mass is 536 g/mol. The number of halogens is 7. The summed E-state index contributed by atoms with van der Waals surface area (Å²) < 4.78 is 106. The first-order chi connectivity index (χ1) is 16.1. The molecule has 0 aliphatic heterocycles. The van der Waals surface area contributed by atoms with Crippen molar-refractivity contribution in [1.29, 1.82) is 0 Å². The molecule has 35 heavy (non-hydrogen) atoms. The summed E-state index contributed by atoms with van der Waals surface area (Å²) in [5, 5.41) is 2.00. The van der Waals surface area contributed by atoms with E-state index in [1.54, 1.807) is 0 Å². The molecule has 2 N–H and O–H groups in total. The first-order valence-electron chi connectivity index (χ1n) is 9.57. The minimum atomic E-state index is -4.91. The molecule has 0 atom stereocenters. The SMILES string of the molecule is Cc1ccc(S(=O)(=O)Nc2ccc(Cl)cc2C(F)(F)F)cc1C(=O)Nc1cccc(C(F)(F)F)c1. The molecule has 0 heterocycles. The van der Waals surface area contributed by atoms with E-state index in [-0.39, 0.29) is 21.8 Å². The fraction of sp³-hybridized carbons (Fsp3) is 0.136. The lowest BCUT2D eigenvalue weighted by Gasteiger charge is -2.16. The summed E-state index contributed by atoms with van der Waals surface area (Å²) >= 11 is 5.60. The van der Waals surface area contributed by atoms with Crippen LogP contribution in [-0.4, -0.2) is 14.3 Å². The van der Waals surface area contributed by atoms with Gasteiger partial charge in [0.05, 0.1) is 21.7 Å². The largest absolute Gasteiger partial charge is 0.418 e. The zero-order chi connectivity index (χ0) is 26.2. The van der Waals surface area contributed by atoms with Gasteiger partial charge in [-0.1, -0.05) is 23.7 Å². The van der Waals surface area contributed by atoms with Crippen LogP contribution in [0.1, 0.15) is 27.0 Å². The molecule has 0 bridgehead atoms. The second kappa shape index (κ2) is 9.42. The number of hydrogen-bond acceptors (Lipinski definition) is 3. The van der Waals surface area contributed by atoms with Gasteiger partial charge in [0.2, 0.25) is 0 Å². The molecular weight excluding hydrogens is 522 g/mol. The molecule has 0 aliphatic rings. The van der Waals surface area contributed by atoms with Gasteiger partial charge in [0.25, 0.3) is 15.9 Å². The van der Waals surface area contributed by atoms with E-state index < -0.39 is 50.0 Å². The summed E-state index contributed by atoms with van der Waals surface area (Å²) in [6, 6.07) is 9.50. The van der Waals surface area contributed by atoms with E-state index in [4.69, 9.17) is 11.6 Å². The van der Waals surface area contributed by atoms with Gasteiger partial charge in [-0.3, -0.25) is 9.52 Å². The molecule has 0 spiro atoms. The maximum Gasteiger partial charge on any atom is 0.418 e. The number of carbonyl (C=O) groups excluding carboxylic acids is 1. The molecule has 3 aromatic rings. The zero-order valence-electron chi connectivity index (χ0n) is 17.6. The van der Waals surface area contributed by atoms with E-state index in [1.807, 2.05) is 4.72 Å². The molecule has 0 fully saturated rings. The highest BCUT2D eigenvalue weighted by molar-refractivity contribution is 7.92. The van der Waals surface area contributed by atoms with Gasteiger partial charge >= 0.3 is 12.4 Å². The third-order valence-electron chi connectivity index (χ3n) is 4.74. The number of anilines is 2. The number of hydrogen-bond donors (Lipinski definition) is 2. The first-order valence-corrected chi connectivity index (χ1v) is 11.4. The van der Waals surface area contributed by atoms with Gasteiger partial charge in [0.15, 0.2) is 0 Å². The van der Waals surface area contributed by atoms with Crippen molar-refractivity contribution in [3.63, 3.8) is 0 Å². The van der Waals surface area contributed by atoms with E-state index in [2.05, 4.69) is 5.32 Å². The summed E-state index contributed by atoms with van der Waals surface area (Å²) in [6.45, 7) is 1.45. The smallest absolute Gasteiger partial charge is 0.322 e. The number of benzene rings is 3. The Bertz CT molecular complexity index is 1390. The number of carbonyl (C=O) groups is 1. The van der Waals surface area contributed by atoms with Crippen molar-refractivity contribution in [1.82, 2.24) is 0 Å². The zero-order valence-corrected chi connectivity index (χ0v) is 19.1. The highest BCUT2D eigenvalue weighted by Gasteiger charge is 2.35. The van der Waals surface area contributed by atoms with Crippen LogP contribution in [0.25, 0.3) is 0 Å². The van der Waals surface area contributed by atoms with Crippen LogP contribution in [0.2, 0.25) is 5.02 Å². The van der Waals surface area contributed by atoms with Crippen LogP contribution in [0.15, 0.2) is 65.6 Å². The molecule has 1 amide bonds. The van der Waals surface area contributed by atoms with Crippen molar-refractivity contribution in [2.45, 2.75) is 24.2 Å². The van der Waals surface area contributed by atoms with Gasteiger partial charge in [-0.15, -0.1) is 0 Å². The fourth-order valence-electron chi connectivity index (χ4n) is 3.03. The second-order valence-electron chi connectivity index (χ2n) is 7.30. The normalized spacial score (nSPS) is 12.3. The van der Waals surface area contributed by atoms with Gasteiger partial charge in [-0.25, -0.2) is 8.42 Å². The van der Waals surface area contributed by atoms with E-state index in [0.717, 1.165) is 36.4 Å². The summed E-state index contributed by atoms with van der Waals surface area (Å²) in [5.74, 6) is -0.915. The van der Waals surface area contributed by atoms with Crippen molar-refractivity contribution in [3.8, 4) is 0 Å².